The largest absolute Gasteiger partial charge is 0.490 e. The first kappa shape index (κ1) is 20.3. The minimum atomic E-state index is -0.966. The Hall–Kier alpha value is -3.42. The summed E-state index contributed by atoms with van der Waals surface area (Å²) in [6.45, 7) is 1.21. The predicted molar refractivity (Wildman–Crippen MR) is 105 cm³/mol. The van der Waals surface area contributed by atoms with Gasteiger partial charge in [0.1, 0.15) is 11.9 Å². The Morgan fingerprint density at radius 2 is 1.69 bits per heavy atom. The number of carbonyl (C=O) groups is 2. The molecule has 0 radical (unpaired) electrons. The number of nitro groups is 1. The van der Waals surface area contributed by atoms with E-state index in [9.17, 15) is 19.7 Å². The minimum absolute atomic E-state index is 0.0235. The molecule has 0 saturated carbocycles. The molecule has 1 saturated heterocycles. The van der Waals surface area contributed by atoms with Gasteiger partial charge in [-0.05, 0) is 36.2 Å². The summed E-state index contributed by atoms with van der Waals surface area (Å²) in [7, 11) is 0. The zero-order valence-electron chi connectivity index (χ0n) is 15.8. The number of amides is 1. The second-order valence-electron chi connectivity index (χ2n) is 6.95. The van der Waals surface area contributed by atoms with E-state index in [1.807, 2.05) is 4.90 Å². The van der Waals surface area contributed by atoms with Crippen molar-refractivity contribution >= 4 is 17.6 Å². The van der Waals surface area contributed by atoms with Crippen LogP contribution < -0.4 is 4.74 Å². The first-order valence-electron chi connectivity index (χ1n) is 9.43. The fraction of sp³-hybridized carbons (Fsp3) is 0.333. The smallest absolute Gasteiger partial charge is 0.335 e. The summed E-state index contributed by atoms with van der Waals surface area (Å²) >= 11 is 0. The number of carboxylic acids is 1. The first-order valence-corrected chi connectivity index (χ1v) is 9.43. The SMILES string of the molecule is O=C(O)c1ccc(CCC(=O)N2CCC(Oc3ccc([N+](=O)[O-])cc3)CC2)cc1. The van der Waals surface area contributed by atoms with Crippen LogP contribution in [0.1, 0.15) is 35.2 Å². The van der Waals surface area contributed by atoms with Crippen molar-refractivity contribution in [1.82, 2.24) is 4.90 Å². The third-order valence-corrected chi connectivity index (χ3v) is 4.97. The van der Waals surface area contributed by atoms with Crippen LogP contribution in [-0.4, -0.2) is 46.0 Å². The van der Waals surface area contributed by atoms with Gasteiger partial charge in [-0.1, -0.05) is 12.1 Å². The number of likely N-dealkylation sites (tertiary alicyclic amines) is 1. The molecule has 152 valence electrons. The van der Waals surface area contributed by atoms with Gasteiger partial charge in [-0.3, -0.25) is 14.9 Å². The number of carboxylic acid groups (broad SMARTS) is 1. The Morgan fingerprint density at radius 3 is 2.24 bits per heavy atom. The molecule has 0 atom stereocenters. The van der Waals surface area contributed by atoms with Gasteiger partial charge >= 0.3 is 5.97 Å². The quantitative estimate of drug-likeness (QED) is 0.566. The van der Waals surface area contributed by atoms with E-state index in [0.29, 0.717) is 44.5 Å². The molecule has 1 amide bonds. The molecule has 0 aliphatic carbocycles. The minimum Gasteiger partial charge on any atom is -0.490 e. The van der Waals surface area contributed by atoms with Crippen LogP contribution in [0.4, 0.5) is 5.69 Å². The van der Waals surface area contributed by atoms with Crippen LogP contribution in [0.5, 0.6) is 5.75 Å². The predicted octanol–water partition coefficient (Wildman–Crippen LogP) is 3.30. The van der Waals surface area contributed by atoms with E-state index >= 15 is 0 Å². The average molecular weight is 398 g/mol. The molecular weight excluding hydrogens is 376 g/mol. The first-order chi connectivity index (χ1) is 13.9. The van der Waals surface area contributed by atoms with Crippen molar-refractivity contribution in [1.29, 1.82) is 0 Å². The second-order valence-corrected chi connectivity index (χ2v) is 6.95. The van der Waals surface area contributed by atoms with Crippen LogP contribution in [-0.2, 0) is 11.2 Å². The zero-order valence-corrected chi connectivity index (χ0v) is 15.8. The molecule has 8 nitrogen and oxygen atoms in total. The summed E-state index contributed by atoms with van der Waals surface area (Å²) in [5.74, 6) is -0.308. The van der Waals surface area contributed by atoms with Crippen molar-refractivity contribution < 1.29 is 24.4 Å². The monoisotopic (exact) mass is 398 g/mol. The topological polar surface area (TPSA) is 110 Å². The normalized spacial score (nSPS) is 14.4. The third-order valence-electron chi connectivity index (χ3n) is 4.97. The molecule has 0 aromatic heterocycles. The Morgan fingerprint density at radius 1 is 1.07 bits per heavy atom. The molecule has 0 bridgehead atoms. The van der Waals surface area contributed by atoms with Gasteiger partial charge in [0.25, 0.3) is 5.69 Å². The summed E-state index contributed by atoms with van der Waals surface area (Å²) < 4.78 is 5.87. The van der Waals surface area contributed by atoms with Crippen molar-refractivity contribution in [2.75, 3.05) is 13.1 Å². The molecule has 2 aromatic rings. The number of aromatic carboxylic acids is 1. The van der Waals surface area contributed by atoms with E-state index in [1.165, 1.54) is 12.1 Å². The fourth-order valence-electron chi connectivity index (χ4n) is 3.29. The molecule has 29 heavy (non-hydrogen) atoms. The number of aryl methyl sites for hydroxylation is 1. The standard InChI is InChI=1S/C21H22N2O6/c24-20(10-3-15-1-4-16(5-2-15)21(25)26)22-13-11-19(12-14-22)29-18-8-6-17(7-9-18)23(27)28/h1-2,4-9,19H,3,10-14H2,(H,25,26). The Balaban J connectivity index is 1.43. The lowest BCUT2D eigenvalue weighted by Crippen LogP contribution is -2.41. The molecule has 1 fully saturated rings. The van der Waals surface area contributed by atoms with E-state index in [1.54, 1.807) is 36.4 Å². The van der Waals surface area contributed by atoms with E-state index < -0.39 is 10.9 Å². The van der Waals surface area contributed by atoms with Gasteiger partial charge < -0.3 is 14.7 Å². The highest BCUT2D eigenvalue weighted by Gasteiger charge is 2.24. The molecule has 0 spiro atoms. The molecule has 1 aliphatic rings. The van der Waals surface area contributed by atoms with E-state index in [0.717, 1.165) is 5.56 Å². The molecule has 8 heteroatoms. The lowest BCUT2D eigenvalue weighted by molar-refractivity contribution is -0.384. The average Bonchev–Trinajstić information content (AvgIpc) is 2.73. The van der Waals surface area contributed by atoms with Crippen LogP contribution in [0, 0.1) is 10.1 Å². The maximum absolute atomic E-state index is 12.4. The number of nitro benzene ring substituents is 1. The number of piperidine rings is 1. The summed E-state index contributed by atoms with van der Waals surface area (Å²) in [5.41, 5.74) is 1.19. The highest BCUT2D eigenvalue weighted by atomic mass is 16.6. The third kappa shape index (κ3) is 5.54. The van der Waals surface area contributed by atoms with Crippen LogP contribution in [0.15, 0.2) is 48.5 Å². The number of non-ortho nitro benzene ring substituents is 1. The summed E-state index contributed by atoms with van der Waals surface area (Å²) in [4.78, 5) is 35.4. The summed E-state index contributed by atoms with van der Waals surface area (Å²) in [5, 5.41) is 19.6. The van der Waals surface area contributed by atoms with Gasteiger partial charge in [0, 0.05) is 44.5 Å². The van der Waals surface area contributed by atoms with Crippen LogP contribution >= 0.6 is 0 Å². The molecule has 1 aliphatic heterocycles. The highest BCUT2D eigenvalue weighted by Crippen LogP contribution is 2.22. The van der Waals surface area contributed by atoms with Crippen LogP contribution in [0.2, 0.25) is 0 Å². The number of ether oxygens (including phenoxy) is 1. The number of hydrogen-bond acceptors (Lipinski definition) is 5. The van der Waals surface area contributed by atoms with Crippen LogP contribution in [0.3, 0.4) is 0 Å². The second kappa shape index (κ2) is 9.18. The fourth-order valence-corrected chi connectivity index (χ4v) is 3.29. The number of hydrogen-bond donors (Lipinski definition) is 1. The lowest BCUT2D eigenvalue weighted by Gasteiger charge is -2.32. The lowest BCUT2D eigenvalue weighted by atomic mass is 10.0. The summed E-state index contributed by atoms with van der Waals surface area (Å²) in [6, 6.07) is 12.6. The van der Waals surface area contributed by atoms with Crippen molar-refractivity contribution in [2.45, 2.75) is 31.8 Å². The summed E-state index contributed by atoms with van der Waals surface area (Å²) in [6.07, 6.45) is 2.33. The van der Waals surface area contributed by atoms with E-state index in [-0.39, 0.29) is 23.3 Å². The number of rotatable bonds is 7. The maximum Gasteiger partial charge on any atom is 0.335 e. The molecule has 0 unspecified atom stereocenters. The maximum atomic E-state index is 12.4. The van der Waals surface area contributed by atoms with Gasteiger partial charge in [-0.15, -0.1) is 0 Å². The van der Waals surface area contributed by atoms with Crippen molar-refractivity contribution in [3.8, 4) is 5.75 Å². The van der Waals surface area contributed by atoms with Crippen LogP contribution in [0.25, 0.3) is 0 Å². The molecule has 2 aromatic carbocycles. The van der Waals surface area contributed by atoms with Crippen molar-refractivity contribution in [2.24, 2.45) is 0 Å². The Kier molecular flexibility index (Phi) is 6.43. The van der Waals surface area contributed by atoms with Crippen molar-refractivity contribution in [3.05, 3.63) is 69.8 Å². The zero-order chi connectivity index (χ0) is 20.8. The number of benzene rings is 2. The van der Waals surface area contributed by atoms with Gasteiger partial charge in [-0.25, -0.2) is 4.79 Å². The van der Waals surface area contributed by atoms with Crippen molar-refractivity contribution in [3.63, 3.8) is 0 Å². The van der Waals surface area contributed by atoms with Gasteiger partial charge in [0.2, 0.25) is 5.91 Å². The van der Waals surface area contributed by atoms with E-state index in [4.69, 9.17) is 9.84 Å². The van der Waals surface area contributed by atoms with Gasteiger partial charge in [0.15, 0.2) is 0 Å². The van der Waals surface area contributed by atoms with Gasteiger partial charge in [0.05, 0.1) is 10.5 Å². The molecule has 1 heterocycles. The number of carbonyl (C=O) groups excluding carboxylic acids is 1. The van der Waals surface area contributed by atoms with E-state index in [2.05, 4.69) is 0 Å². The number of nitrogens with zero attached hydrogens (tertiary/aromatic N) is 2. The molecular formula is C21H22N2O6. The molecule has 1 N–H and O–H groups in total. The Labute approximate surface area is 167 Å². The Bertz CT molecular complexity index is 871. The highest BCUT2D eigenvalue weighted by molar-refractivity contribution is 5.87. The van der Waals surface area contributed by atoms with Gasteiger partial charge in [-0.2, -0.15) is 0 Å². The molecule has 3 rings (SSSR count).